The van der Waals surface area contributed by atoms with Crippen LogP contribution in [0.15, 0.2) is 24.3 Å². The zero-order chi connectivity index (χ0) is 16.8. The third-order valence-electron chi connectivity index (χ3n) is 3.70. The molecule has 0 atom stereocenters. The van der Waals surface area contributed by atoms with E-state index in [0.29, 0.717) is 31.7 Å². The molecular formula is C16H19FN2O4. The monoisotopic (exact) mass is 322 g/mol. The van der Waals surface area contributed by atoms with Gasteiger partial charge in [-0.3, -0.25) is 10.1 Å². The maximum atomic E-state index is 13.4. The number of amides is 1. The van der Waals surface area contributed by atoms with Gasteiger partial charge < -0.3 is 9.64 Å². The summed E-state index contributed by atoms with van der Waals surface area (Å²) in [5.41, 5.74) is 0.938. The van der Waals surface area contributed by atoms with Crippen molar-refractivity contribution in [3.63, 3.8) is 0 Å². The van der Waals surface area contributed by atoms with E-state index >= 15 is 0 Å². The molecule has 6 nitrogen and oxygen atoms in total. The molecule has 0 N–H and O–H groups in total. The highest BCUT2D eigenvalue weighted by atomic mass is 19.1. The van der Waals surface area contributed by atoms with Crippen molar-refractivity contribution < 1.29 is 18.8 Å². The molecule has 0 radical (unpaired) electrons. The first-order valence-electron chi connectivity index (χ1n) is 7.58. The normalized spacial score (nSPS) is 14.3. The van der Waals surface area contributed by atoms with E-state index in [1.165, 1.54) is 12.1 Å². The molecule has 0 aromatic heterocycles. The molecule has 0 fully saturated rings. The standard InChI is InChI=1S/C16H19FN2O4/c1-2-3-10-23-16(20)18-8-6-12(7-9-18)13-4-5-14(17)15(11-13)19(21)22/h4-6,11H,2-3,7-10H2,1H3. The number of benzene rings is 1. The smallest absolute Gasteiger partial charge is 0.410 e. The molecule has 7 heteroatoms. The molecular weight excluding hydrogens is 303 g/mol. The molecule has 1 aliphatic heterocycles. The largest absolute Gasteiger partial charge is 0.449 e. The Balaban J connectivity index is 2.03. The van der Waals surface area contributed by atoms with Gasteiger partial charge in [0, 0.05) is 19.2 Å². The molecule has 1 aromatic rings. The molecule has 1 amide bonds. The van der Waals surface area contributed by atoms with Crippen molar-refractivity contribution in [2.24, 2.45) is 0 Å². The highest BCUT2D eigenvalue weighted by Gasteiger charge is 2.21. The average Bonchev–Trinajstić information content (AvgIpc) is 2.55. The zero-order valence-corrected chi connectivity index (χ0v) is 13.0. The minimum absolute atomic E-state index is 0.348. The second-order valence-electron chi connectivity index (χ2n) is 5.32. The van der Waals surface area contributed by atoms with E-state index in [-0.39, 0.29) is 6.09 Å². The van der Waals surface area contributed by atoms with Gasteiger partial charge >= 0.3 is 11.8 Å². The summed E-state index contributed by atoms with van der Waals surface area (Å²) < 4.78 is 18.5. The minimum Gasteiger partial charge on any atom is -0.449 e. The van der Waals surface area contributed by atoms with Gasteiger partial charge in [0.25, 0.3) is 0 Å². The summed E-state index contributed by atoms with van der Waals surface area (Å²) in [6.45, 7) is 3.28. The molecule has 2 rings (SSSR count). The van der Waals surface area contributed by atoms with Crippen molar-refractivity contribution in [1.82, 2.24) is 4.90 Å². The molecule has 0 aliphatic carbocycles. The van der Waals surface area contributed by atoms with E-state index in [4.69, 9.17) is 4.74 Å². The van der Waals surface area contributed by atoms with Crippen molar-refractivity contribution in [2.45, 2.75) is 26.2 Å². The van der Waals surface area contributed by atoms with Gasteiger partial charge in [-0.1, -0.05) is 25.5 Å². The summed E-state index contributed by atoms with van der Waals surface area (Å²) in [4.78, 5) is 23.5. The zero-order valence-electron chi connectivity index (χ0n) is 13.0. The number of halogens is 1. The maximum Gasteiger partial charge on any atom is 0.410 e. The topological polar surface area (TPSA) is 72.7 Å². The Bertz CT molecular complexity index is 631. The van der Waals surface area contributed by atoms with Crippen LogP contribution in [0, 0.1) is 15.9 Å². The summed E-state index contributed by atoms with van der Waals surface area (Å²) in [5, 5.41) is 10.8. The quantitative estimate of drug-likeness (QED) is 0.470. The van der Waals surface area contributed by atoms with Crippen LogP contribution in [-0.4, -0.2) is 35.6 Å². The predicted octanol–water partition coefficient (Wildman–Crippen LogP) is 3.76. The van der Waals surface area contributed by atoms with Crippen LogP contribution in [0.1, 0.15) is 31.7 Å². The molecule has 124 valence electrons. The molecule has 0 unspecified atom stereocenters. The Hall–Kier alpha value is -2.44. The summed E-state index contributed by atoms with van der Waals surface area (Å²) in [6.07, 6.45) is 3.81. The first-order valence-corrected chi connectivity index (χ1v) is 7.58. The van der Waals surface area contributed by atoms with E-state index in [9.17, 15) is 19.3 Å². The van der Waals surface area contributed by atoms with Crippen molar-refractivity contribution in [3.05, 3.63) is 45.8 Å². The number of rotatable bonds is 5. The predicted molar refractivity (Wildman–Crippen MR) is 83.5 cm³/mol. The van der Waals surface area contributed by atoms with Gasteiger partial charge in [-0.2, -0.15) is 4.39 Å². The van der Waals surface area contributed by atoms with Gasteiger partial charge in [0.1, 0.15) is 0 Å². The molecule has 0 saturated heterocycles. The fraction of sp³-hybridized carbons (Fsp3) is 0.438. The number of ether oxygens (including phenoxy) is 1. The van der Waals surface area contributed by atoms with Gasteiger partial charge in [-0.25, -0.2) is 4.79 Å². The summed E-state index contributed by atoms with van der Waals surface area (Å²) >= 11 is 0. The first-order chi connectivity index (χ1) is 11.0. The molecule has 1 aliphatic rings. The average molecular weight is 322 g/mol. The van der Waals surface area contributed by atoms with Crippen LogP contribution >= 0.6 is 0 Å². The number of unbranched alkanes of at least 4 members (excludes halogenated alkanes) is 1. The Morgan fingerprint density at radius 3 is 2.87 bits per heavy atom. The number of nitro benzene ring substituents is 1. The molecule has 1 heterocycles. The highest BCUT2D eigenvalue weighted by Crippen LogP contribution is 2.27. The van der Waals surface area contributed by atoms with E-state index in [2.05, 4.69) is 0 Å². The van der Waals surface area contributed by atoms with Crippen LogP contribution in [0.4, 0.5) is 14.9 Å². The number of nitro groups is 1. The molecule has 23 heavy (non-hydrogen) atoms. The molecule has 0 bridgehead atoms. The van der Waals surface area contributed by atoms with Crippen LogP contribution < -0.4 is 0 Å². The fourth-order valence-corrected chi connectivity index (χ4v) is 2.34. The fourth-order valence-electron chi connectivity index (χ4n) is 2.34. The summed E-state index contributed by atoms with van der Waals surface area (Å²) in [6, 6.07) is 3.85. The first kappa shape index (κ1) is 16.9. The van der Waals surface area contributed by atoms with Crippen LogP contribution in [0.3, 0.4) is 0 Å². The third kappa shape index (κ3) is 4.28. The number of nitrogens with zero attached hydrogens (tertiary/aromatic N) is 2. The van der Waals surface area contributed by atoms with Crippen molar-refractivity contribution in [1.29, 1.82) is 0 Å². The number of hydrogen-bond donors (Lipinski definition) is 0. The Morgan fingerprint density at radius 2 is 2.26 bits per heavy atom. The van der Waals surface area contributed by atoms with Gasteiger partial charge in [0.05, 0.1) is 11.5 Å². The molecule has 0 spiro atoms. The van der Waals surface area contributed by atoms with Gasteiger partial charge in [0.2, 0.25) is 5.82 Å². The van der Waals surface area contributed by atoms with Crippen LogP contribution in [0.5, 0.6) is 0 Å². The second-order valence-corrected chi connectivity index (χ2v) is 5.32. The van der Waals surface area contributed by atoms with E-state index in [1.807, 2.05) is 13.0 Å². The Morgan fingerprint density at radius 1 is 1.48 bits per heavy atom. The van der Waals surface area contributed by atoms with Crippen LogP contribution in [0.2, 0.25) is 0 Å². The van der Waals surface area contributed by atoms with E-state index in [1.54, 1.807) is 4.90 Å². The second kappa shape index (κ2) is 7.71. The lowest BCUT2D eigenvalue weighted by molar-refractivity contribution is -0.387. The summed E-state index contributed by atoms with van der Waals surface area (Å²) in [5.74, 6) is -0.851. The highest BCUT2D eigenvalue weighted by molar-refractivity contribution is 5.73. The van der Waals surface area contributed by atoms with Crippen LogP contribution in [0.25, 0.3) is 5.57 Å². The molecule has 1 aromatic carbocycles. The van der Waals surface area contributed by atoms with Gasteiger partial charge in [-0.05, 0) is 30.0 Å². The SMILES string of the molecule is CCCCOC(=O)N1CC=C(c2ccc(F)c([N+](=O)[O-])c2)CC1. The number of hydrogen-bond acceptors (Lipinski definition) is 4. The lowest BCUT2D eigenvalue weighted by Crippen LogP contribution is -2.35. The third-order valence-corrected chi connectivity index (χ3v) is 3.70. The Kier molecular flexibility index (Phi) is 5.67. The summed E-state index contributed by atoms with van der Waals surface area (Å²) in [7, 11) is 0. The van der Waals surface area contributed by atoms with Crippen molar-refractivity contribution in [2.75, 3.05) is 19.7 Å². The number of carbonyl (C=O) groups excluding carboxylic acids is 1. The minimum atomic E-state index is -0.851. The lowest BCUT2D eigenvalue weighted by atomic mass is 9.99. The van der Waals surface area contributed by atoms with E-state index in [0.717, 1.165) is 24.5 Å². The number of carbonyl (C=O) groups is 1. The molecule has 0 saturated carbocycles. The van der Waals surface area contributed by atoms with Gasteiger partial charge in [0.15, 0.2) is 0 Å². The van der Waals surface area contributed by atoms with Gasteiger partial charge in [-0.15, -0.1) is 0 Å². The van der Waals surface area contributed by atoms with E-state index < -0.39 is 16.4 Å². The van der Waals surface area contributed by atoms with Crippen molar-refractivity contribution in [3.8, 4) is 0 Å². The van der Waals surface area contributed by atoms with Crippen molar-refractivity contribution >= 4 is 17.4 Å². The maximum absolute atomic E-state index is 13.4. The van der Waals surface area contributed by atoms with Crippen LogP contribution in [-0.2, 0) is 4.74 Å². The Labute approximate surface area is 133 Å². The lowest BCUT2D eigenvalue weighted by Gasteiger charge is -2.26.